The van der Waals surface area contributed by atoms with Crippen molar-refractivity contribution in [2.24, 2.45) is 0 Å². The van der Waals surface area contributed by atoms with Crippen molar-refractivity contribution in [3.63, 3.8) is 0 Å². The number of nitrogens with zero attached hydrogens (tertiary/aromatic N) is 3. The summed E-state index contributed by atoms with van der Waals surface area (Å²) in [5.41, 5.74) is 1.78. The first-order valence-electron chi connectivity index (χ1n) is 9.09. The molecule has 1 amide bonds. The van der Waals surface area contributed by atoms with E-state index in [-0.39, 0.29) is 12.5 Å². The molecule has 0 unspecified atom stereocenters. The van der Waals surface area contributed by atoms with Crippen LogP contribution < -0.4 is 0 Å². The van der Waals surface area contributed by atoms with Crippen molar-refractivity contribution in [3.05, 3.63) is 51.5 Å². The van der Waals surface area contributed by atoms with Crippen molar-refractivity contribution in [2.75, 3.05) is 19.7 Å². The van der Waals surface area contributed by atoms with Gasteiger partial charge in [-0.2, -0.15) is 5.10 Å². The Balaban J connectivity index is 1.78. The van der Waals surface area contributed by atoms with E-state index in [1.165, 1.54) is 11.3 Å². The molecule has 0 bridgehead atoms. The van der Waals surface area contributed by atoms with Gasteiger partial charge in [-0.25, -0.2) is 4.79 Å². The fourth-order valence-electron chi connectivity index (χ4n) is 2.97. The number of hydrogen-bond acceptors (Lipinski definition) is 5. The van der Waals surface area contributed by atoms with Gasteiger partial charge in [0.25, 0.3) is 5.91 Å². The maximum atomic E-state index is 12.4. The number of likely N-dealkylation sites (N-methyl/N-ethyl adjacent to an activating group) is 1. The van der Waals surface area contributed by atoms with Gasteiger partial charge in [-0.15, -0.1) is 11.3 Å². The molecule has 0 N–H and O–H groups in total. The molecular formula is C20H22ClN3O3S. The Kier molecular flexibility index (Phi) is 6.36. The summed E-state index contributed by atoms with van der Waals surface area (Å²) in [4.78, 5) is 27.4. The van der Waals surface area contributed by atoms with Crippen LogP contribution in [0.15, 0.2) is 30.3 Å². The maximum Gasteiger partial charge on any atom is 0.348 e. The minimum absolute atomic E-state index is 0.194. The van der Waals surface area contributed by atoms with Crippen molar-refractivity contribution >= 4 is 45.0 Å². The van der Waals surface area contributed by atoms with Crippen LogP contribution in [-0.2, 0) is 16.1 Å². The van der Waals surface area contributed by atoms with Gasteiger partial charge in [0.2, 0.25) is 0 Å². The van der Waals surface area contributed by atoms with E-state index in [2.05, 4.69) is 5.10 Å². The summed E-state index contributed by atoms with van der Waals surface area (Å²) in [6.07, 6.45) is 0. The smallest absolute Gasteiger partial charge is 0.348 e. The molecule has 3 rings (SSSR count). The van der Waals surface area contributed by atoms with Gasteiger partial charge < -0.3 is 9.64 Å². The number of carbonyl (C=O) groups excluding carboxylic acids is 2. The second-order valence-electron chi connectivity index (χ2n) is 6.31. The van der Waals surface area contributed by atoms with Crippen LogP contribution in [0, 0.1) is 6.92 Å². The van der Waals surface area contributed by atoms with E-state index in [1.54, 1.807) is 11.0 Å². The molecule has 0 saturated carbocycles. The molecule has 2 aromatic heterocycles. The molecule has 0 saturated heterocycles. The number of esters is 1. The standard InChI is InChI=1S/C20H22ClN3O3S/c1-4-23(5-2)18(25)12-27-20(26)17-10-15-13(3)22-24(19(15)28-17)11-14-8-6-7-9-16(14)21/h6-10H,4-5,11-12H2,1-3H3. The average molecular weight is 420 g/mol. The highest BCUT2D eigenvalue weighted by Crippen LogP contribution is 2.30. The Bertz CT molecular complexity index is 1010. The summed E-state index contributed by atoms with van der Waals surface area (Å²) in [6.45, 7) is 7.13. The van der Waals surface area contributed by atoms with Gasteiger partial charge in [-0.05, 0) is 38.5 Å². The molecule has 8 heteroatoms. The van der Waals surface area contributed by atoms with Crippen LogP contribution in [0.5, 0.6) is 0 Å². The molecule has 0 spiro atoms. The normalized spacial score (nSPS) is 11.0. The first kappa shape index (κ1) is 20.4. The second-order valence-corrected chi connectivity index (χ2v) is 7.74. The maximum absolute atomic E-state index is 12.4. The number of ether oxygens (including phenoxy) is 1. The number of rotatable bonds is 7. The summed E-state index contributed by atoms with van der Waals surface area (Å²) in [6, 6.07) is 9.38. The average Bonchev–Trinajstić information content (AvgIpc) is 3.24. The predicted molar refractivity (Wildman–Crippen MR) is 111 cm³/mol. The molecule has 28 heavy (non-hydrogen) atoms. The first-order valence-corrected chi connectivity index (χ1v) is 10.3. The van der Waals surface area contributed by atoms with Crippen LogP contribution in [0.2, 0.25) is 5.02 Å². The highest BCUT2D eigenvalue weighted by Gasteiger charge is 2.19. The van der Waals surface area contributed by atoms with E-state index in [1.807, 2.05) is 49.7 Å². The third kappa shape index (κ3) is 4.20. The third-order valence-corrected chi connectivity index (χ3v) is 6.03. The number of carbonyl (C=O) groups is 2. The molecule has 0 aliphatic carbocycles. The van der Waals surface area contributed by atoms with Crippen molar-refractivity contribution in [2.45, 2.75) is 27.3 Å². The highest BCUT2D eigenvalue weighted by atomic mass is 35.5. The van der Waals surface area contributed by atoms with Gasteiger partial charge in [0, 0.05) is 23.5 Å². The predicted octanol–water partition coefficient (Wildman–Crippen LogP) is 4.13. The number of amides is 1. The van der Waals surface area contributed by atoms with Crippen molar-refractivity contribution in [1.29, 1.82) is 0 Å². The van der Waals surface area contributed by atoms with Crippen LogP contribution in [0.3, 0.4) is 0 Å². The van der Waals surface area contributed by atoms with E-state index in [0.717, 1.165) is 21.5 Å². The fraction of sp³-hybridized carbons (Fsp3) is 0.350. The highest BCUT2D eigenvalue weighted by molar-refractivity contribution is 7.20. The molecule has 1 aromatic carbocycles. The SMILES string of the molecule is CCN(CC)C(=O)COC(=O)c1cc2c(C)nn(Cc3ccccc3Cl)c2s1. The van der Waals surface area contributed by atoms with E-state index in [9.17, 15) is 9.59 Å². The number of thiophene rings is 1. The fourth-order valence-corrected chi connectivity index (χ4v) is 4.22. The molecular weight excluding hydrogens is 398 g/mol. The Morgan fingerprint density at radius 1 is 1.25 bits per heavy atom. The van der Waals surface area contributed by atoms with Crippen LogP contribution in [-0.4, -0.2) is 46.3 Å². The number of fused-ring (bicyclic) bond motifs is 1. The van der Waals surface area contributed by atoms with E-state index < -0.39 is 5.97 Å². The van der Waals surface area contributed by atoms with Gasteiger partial charge in [0.15, 0.2) is 6.61 Å². The van der Waals surface area contributed by atoms with Crippen molar-refractivity contribution in [1.82, 2.24) is 14.7 Å². The van der Waals surface area contributed by atoms with Crippen molar-refractivity contribution < 1.29 is 14.3 Å². The topological polar surface area (TPSA) is 64.4 Å². The lowest BCUT2D eigenvalue weighted by Crippen LogP contribution is -2.34. The van der Waals surface area contributed by atoms with Crippen molar-refractivity contribution in [3.8, 4) is 0 Å². The summed E-state index contributed by atoms with van der Waals surface area (Å²) < 4.78 is 7.06. The molecule has 0 fully saturated rings. The van der Waals surface area contributed by atoms with Gasteiger partial charge >= 0.3 is 5.97 Å². The molecule has 148 valence electrons. The van der Waals surface area contributed by atoms with Crippen LogP contribution in [0.1, 0.15) is 34.8 Å². The van der Waals surface area contributed by atoms with Gasteiger partial charge in [0.05, 0.1) is 12.2 Å². The number of aromatic nitrogens is 2. The molecule has 0 radical (unpaired) electrons. The molecule has 2 heterocycles. The number of aryl methyl sites for hydroxylation is 1. The largest absolute Gasteiger partial charge is 0.451 e. The zero-order chi connectivity index (χ0) is 20.3. The second kappa shape index (κ2) is 8.75. The van der Waals surface area contributed by atoms with Gasteiger partial charge in [0.1, 0.15) is 9.71 Å². The Morgan fingerprint density at radius 2 is 1.96 bits per heavy atom. The Labute approximate surface area is 172 Å². The summed E-state index contributed by atoms with van der Waals surface area (Å²) in [5.74, 6) is -0.689. The van der Waals surface area contributed by atoms with Crippen LogP contribution >= 0.6 is 22.9 Å². The number of hydrogen-bond donors (Lipinski definition) is 0. The molecule has 3 aromatic rings. The summed E-state index contributed by atoms with van der Waals surface area (Å²) in [7, 11) is 0. The number of halogens is 1. The molecule has 0 aliphatic rings. The van der Waals surface area contributed by atoms with E-state index in [4.69, 9.17) is 16.3 Å². The lowest BCUT2D eigenvalue weighted by atomic mass is 10.2. The lowest BCUT2D eigenvalue weighted by molar-refractivity contribution is -0.134. The third-order valence-electron chi connectivity index (χ3n) is 4.53. The van der Waals surface area contributed by atoms with E-state index in [0.29, 0.717) is 29.5 Å². The molecule has 0 atom stereocenters. The van der Waals surface area contributed by atoms with E-state index >= 15 is 0 Å². The quantitative estimate of drug-likeness (QED) is 0.540. The minimum Gasteiger partial charge on any atom is -0.451 e. The zero-order valence-electron chi connectivity index (χ0n) is 16.1. The van der Waals surface area contributed by atoms with Gasteiger partial charge in [-0.3, -0.25) is 9.48 Å². The Hall–Kier alpha value is -2.38. The summed E-state index contributed by atoms with van der Waals surface area (Å²) in [5, 5.41) is 6.14. The molecule has 6 nitrogen and oxygen atoms in total. The lowest BCUT2D eigenvalue weighted by Gasteiger charge is -2.17. The van der Waals surface area contributed by atoms with Gasteiger partial charge in [-0.1, -0.05) is 29.8 Å². The number of benzene rings is 1. The minimum atomic E-state index is -0.495. The Morgan fingerprint density at radius 3 is 2.64 bits per heavy atom. The monoisotopic (exact) mass is 419 g/mol. The van der Waals surface area contributed by atoms with Crippen LogP contribution in [0.4, 0.5) is 0 Å². The summed E-state index contributed by atoms with van der Waals surface area (Å²) >= 11 is 7.57. The zero-order valence-corrected chi connectivity index (χ0v) is 17.6. The van der Waals surface area contributed by atoms with Crippen LogP contribution in [0.25, 0.3) is 10.2 Å². The first-order chi connectivity index (χ1) is 13.4. The molecule has 0 aliphatic heterocycles.